The van der Waals surface area contributed by atoms with Crippen molar-refractivity contribution in [2.45, 2.75) is 111 Å². The lowest BCUT2D eigenvalue weighted by atomic mass is 9.97. The molecular weight excluding hydrogens is 490 g/mol. The maximum Gasteiger partial charge on any atom is 0.408 e. The highest BCUT2D eigenvalue weighted by Crippen LogP contribution is 2.29. The fourth-order valence-corrected chi connectivity index (χ4v) is 4.34. The van der Waals surface area contributed by atoms with E-state index in [1.165, 1.54) is 17.0 Å². The molecular formula is C28H47N3O5S. The second kappa shape index (κ2) is 15.1. The van der Waals surface area contributed by atoms with Crippen molar-refractivity contribution in [2.24, 2.45) is 5.92 Å². The van der Waals surface area contributed by atoms with Crippen LogP contribution in [-0.4, -0.2) is 57.4 Å². The molecule has 37 heavy (non-hydrogen) atoms. The van der Waals surface area contributed by atoms with Gasteiger partial charge in [0.1, 0.15) is 23.4 Å². The first kappa shape index (κ1) is 32.6. The average Bonchev–Trinajstić information content (AvgIpc) is 2.77. The number of nitrogens with one attached hydrogen (secondary N) is 2. The van der Waals surface area contributed by atoms with Crippen LogP contribution in [0, 0.1) is 5.92 Å². The van der Waals surface area contributed by atoms with Crippen molar-refractivity contribution >= 4 is 30.5 Å². The van der Waals surface area contributed by atoms with Crippen LogP contribution in [-0.2, 0) is 14.3 Å². The fourth-order valence-electron chi connectivity index (χ4n) is 4.09. The average molecular weight is 538 g/mol. The van der Waals surface area contributed by atoms with Gasteiger partial charge in [-0.1, -0.05) is 39.3 Å². The van der Waals surface area contributed by atoms with E-state index in [4.69, 9.17) is 4.74 Å². The van der Waals surface area contributed by atoms with Crippen LogP contribution in [0.15, 0.2) is 24.3 Å². The van der Waals surface area contributed by atoms with Crippen LogP contribution in [0.3, 0.4) is 0 Å². The number of carbonyl (C=O) groups excluding carboxylic acids is 3. The van der Waals surface area contributed by atoms with E-state index in [1.807, 2.05) is 20.8 Å². The summed E-state index contributed by atoms with van der Waals surface area (Å²) in [4.78, 5) is 41.8. The lowest BCUT2D eigenvalue weighted by Gasteiger charge is -2.39. The standard InChI is InChI=1S/C28H47N3O5S/c1-9-11-19(4)29-25(33)24(21-12-10-13-22(32)16-21)31(20(5)15-14-18(2)3)26(34)23(17-37)30-27(35)36-28(6,7)8/h10,12-13,16,18-20,23-24,32,37H,9,11,14-15,17H2,1-8H3,(H,29,33)(H,30,35). The zero-order valence-electron chi connectivity index (χ0n) is 23.7. The molecule has 9 heteroatoms. The molecule has 8 nitrogen and oxygen atoms in total. The zero-order valence-corrected chi connectivity index (χ0v) is 24.6. The molecule has 0 saturated carbocycles. The quantitative estimate of drug-likeness (QED) is 0.258. The van der Waals surface area contributed by atoms with E-state index >= 15 is 0 Å². The molecule has 210 valence electrons. The predicted octanol–water partition coefficient (Wildman–Crippen LogP) is 5.21. The van der Waals surface area contributed by atoms with Crippen molar-refractivity contribution in [1.82, 2.24) is 15.5 Å². The third-order valence-corrected chi connectivity index (χ3v) is 6.25. The molecule has 3 N–H and O–H groups in total. The molecule has 0 aliphatic heterocycles. The number of carbonyl (C=O) groups is 3. The molecule has 0 aliphatic rings. The van der Waals surface area contributed by atoms with E-state index in [0.29, 0.717) is 17.9 Å². The molecule has 0 saturated heterocycles. The first-order valence-corrected chi connectivity index (χ1v) is 13.8. The molecule has 1 aromatic carbocycles. The topological polar surface area (TPSA) is 108 Å². The Kier molecular flexibility index (Phi) is 13.3. The Morgan fingerprint density at radius 3 is 2.22 bits per heavy atom. The SMILES string of the molecule is CCCC(C)NC(=O)C(c1cccc(O)c1)N(C(=O)C(CS)NC(=O)OC(C)(C)C)C(C)CCC(C)C. The molecule has 0 heterocycles. The number of nitrogens with zero attached hydrogens (tertiary/aromatic N) is 1. The normalized spacial score (nSPS) is 14.9. The Morgan fingerprint density at radius 1 is 1.05 bits per heavy atom. The van der Waals surface area contributed by atoms with Crippen LogP contribution in [0.25, 0.3) is 0 Å². The minimum atomic E-state index is -1.01. The Hall–Kier alpha value is -2.42. The Morgan fingerprint density at radius 2 is 1.70 bits per heavy atom. The summed E-state index contributed by atoms with van der Waals surface area (Å²) in [5.74, 6) is -0.365. The van der Waals surface area contributed by atoms with E-state index in [-0.39, 0.29) is 29.5 Å². The molecule has 4 unspecified atom stereocenters. The number of thiol groups is 1. The van der Waals surface area contributed by atoms with E-state index in [0.717, 1.165) is 19.3 Å². The van der Waals surface area contributed by atoms with Gasteiger partial charge in [0.25, 0.3) is 0 Å². The van der Waals surface area contributed by atoms with Crippen LogP contribution >= 0.6 is 12.6 Å². The van der Waals surface area contributed by atoms with Crippen molar-refractivity contribution in [1.29, 1.82) is 0 Å². The number of benzene rings is 1. The van der Waals surface area contributed by atoms with Crippen molar-refractivity contribution in [3.63, 3.8) is 0 Å². The monoisotopic (exact) mass is 537 g/mol. The second-order valence-corrected chi connectivity index (χ2v) is 11.5. The summed E-state index contributed by atoms with van der Waals surface area (Å²) < 4.78 is 5.36. The molecule has 4 atom stereocenters. The van der Waals surface area contributed by atoms with Crippen LogP contribution in [0.2, 0.25) is 0 Å². The highest BCUT2D eigenvalue weighted by atomic mass is 32.1. The van der Waals surface area contributed by atoms with Gasteiger partial charge < -0.3 is 25.4 Å². The number of rotatable bonds is 13. The van der Waals surface area contributed by atoms with E-state index < -0.39 is 29.7 Å². The summed E-state index contributed by atoms with van der Waals surface area (Å²) in [7, 11) is 0. The van der Waals surface area contributed by atoms with Gasteiger partial charge >= 0.3 is 6.09 Å². The molecule has 0 fully saturated rings. The summed E-state index contributed by atoms with van der Waals surface area (Å²) in [6.07, 6.45) is 2.45. The molecule has 0 aliphatic carbocycles. The van der Waals surface area contributed by atoms with Gasteiger partial charge in [-0.3, -0.25) is 9.59 Å². The second-order valence-electron chi connectivity index (χ2n) is 11.1. The van der Waals surface area contributed by atoms with E-state index in [9.17, 15) is 19.5 Å². The third kappa shape index (κ3) is 11.2. The fraction of sp³-hybridized carbons (Fsp3) is 0.679. The molecule has 1 rings (SSSR count). The molecule has 0 spiro atoms. The largest absolute Gasteiger partial charge is 0.508 e. The summed E-state index contributed by atoms with van der Waals surface area (Å²) in [5.41, 5.74) is -0.251. The molecule has 0 aromatic heterocycles. The lowest BCUT2D eigenvalue weighted by Crippen LogP contribution is -2.56. The molecule has 1 aromatic rings. The van der Waals surface area contributed by atoms with Crippen molar-refractivity contribution < 1.29 is 24.2 Å². The number of ether oxygens (including phenoxy) is 1. The van der Waals surface area contributed by atoms with Crippen molar-refractivity contribution in [3.05, 3.63) is 29.8 Å². The van der Waals surface area contributed by atoms with Gasteiger partial charge in [0.15, 0.2) is 0 Å². The smallest absolute Gasteiger partial charge is 0.408 e. The summed E-state index contributed by atoms with van der Waals surface area (Å²) >= 11 is 4.34. The Labute approximate surface area is 228 Å². The first-order chi connectivity index (χ1) is 17.2. The maximum absolute atomic E-state index is 14.0. The number of alkyl carbamates (subject to hydrolysis) is 1. The minimum absolute atomic E-state index is 0.00300. The number of hydrogen-bond acceptors (Lipinski definition) is 6. The summed E-state index contributed by atoms with van der Waals surface area (Å²) in [6.45, 7) is 15.3. The summed E-state index contributed by atoms with van der Waals surface area (Å²) in [5, 5.41) is 15.9. The number of hydrogen-bond donors (Lipinski definition) is 4. The lowest BCUT2D eigenvalue weighted by molar-refractivity contribution is -0.145. The number of aromatic hydroxyl groups is 1. The maximum atomic E-state index is 14.0. The van der Waals surface area contributed by atoms with Gasteiger partial charge in [0.05, 0.1) is 0 Å². The third-order valence-electron chi connectivity index (χ3n) is 5.89. The van der Waals surface area contributed by atoms with E-state index in [2.05, 4.69) is 37.1 Å². The van der Waals surface area contributed by atoms with Crippen molar-refractivity contribution in [3.8, 4) is 5.75 Å². The number of phenols is 1. The van der Waals surface area contributed by atoms with Gasteiger partial charge in [-0.05, 0) is 77.5 Å². The Balaban J connectivity index is 3.52. The summed E-state index contributed by atoms with van der Waals surface area (Å²) in [6, 6.07) is 3.94. The molecule has 0 bridgehead atoms. The van der Waals surface area contributed by atoms with Crippen molar-refractivity contribution in [2.75, 3.05) is 5.75 Å². The molecule has 3 amide bonds. The predicted molar refractivity (Wildman–Crippen MR) is 151 cm³/mol. The number of amides is 3. The van der Waals surface area contributed by atoms with Crippen LogP contribution in [0.1, 0.15) is 92.7 Å². The van der Waals surface area contributed by atoms with E-state index in [1.54, 1.807) is 32.9 Å². The van der Waals surface area contributed by atoms with Crippen LogP contribution in [0.4, 0.5) is 4.79 Å². The Bertz CT molecular complexity index is 887. The van der Waals surface area contributed by atoms with Gasteiger partial charge in [-0.15, -0.1) is 0 Å². The molecule has 0 radical (unpaired) electrons. The van der Waals surface area contributed by atoms with Gasteiger partial charge in [-0.2, -0.15) is 12.6 Å². The van der Waals surface area contributed by atoms with Gasteiger partial charge in [-0.25, -0.2) is 4.79 Å². The van der Waals surface area contributed by atoms with Crippen LogP contribution < -0.4 is 10.6 Å². The van der Waals surface area contributed by atoms with Crippen LogP contribution in [0.5, 0.6) is 5.75 Å². The zero-order chi connectivity index (χ0) is 28.3. The highest BCUT2D eigenvalue weighted by Gasteiger charge is 2.39. The van der Waals surface area contributed by atoms with Gasteiger partial charge in [0.2, 0.25) is 11.8 Å². The first-order valence-electron chi connectivity index (χ1n) is 13.2. The number of phenolic OH excluding ortho intramolecular Hbond substituents is 1. The highest BCUT2D eigenvalue weighted by molar-refractivity contribution is 7.80. The van der Waals surface area contributed by atoms with Gasteiger partial charge in [0, 0.05) is 17.8 Å². The minimum Gasteiger partial charge on any atom is -0.508 e.